The minimum absolute atomic E-state index is 0.0932. The molecule has 4 nitrogen and oxygen atoms in total. The quantitative estimate of drug-likeness (QED) is 0.640. The fourth-order valence-corrected chi connectivity index (χ4v) is 2.06. The van der Waals surface area contributed by atoms with Gasteiger partial charge in [-0.25, -0.2) is 0 Å². The summed E-state index contributed by atoms with van der Waals surface area (Å²) in [5.41, 5.74) is 5.31. The molecule has 14 heavy (non-hydrogen) atoms. The Kier molecular flexibility index (Phi) is 2.49. The molecule has 80 valence electrons. The topological polar surface area (TPSA) is 66.6 Å². The molecule has 1 aliphatic heterocycles. The molecule has 1 saturated carbocycles. The van der Waals surface area contributed by atoms with Crippen LogP contribution in [0.4, 0.5) is 0 Å². The first-order valence-electron chi connectivity index (χ1n) is 5.35. The molecule has 4 heteroatoms. The van der Waals surface area contributed by atoms with Crippen molar-refractivity contribution in [2.75, 3.05) is 19.7 Å². The SMILES string of the molecule is NC1(C(=O)N2CCCC(CO)C2)CC1. The van der Waals surface area contributed by atoms with E-state index in [4.69, 9.17) is 10.8 Å². The molecule has 1 amide bonds. The molecule has 2 fully saturated rings. The van der Waals surface area contributed by atoms with E-state index in [0.29, 0.717) is 6.54 Å². The van der Waals surface area contributed by atoms with Gasteiger partial charge in [0.15, 0.2) is 0 Å². The van der Waals surface area contributed by atoms with Crippen molar-refractivity contribution >= 4 is 5.91 Å². The third kappa shape index (κ3) is 1.77. The molecule has 2 rings (SSSR count). The molecule has 3 N–H and O–H groups in total. The molecule has 1 heterocycles. The number of hydrogen-bond acceptors (Lipinski definition) is 3. The molecule has 0 aromatic rings. The molecular formula is C10H18N2O2. The van der Waals surface area contributed by atoms with Gasteiger partial charge in [0, 0.05) is 19.7 Å². The maximum atomic E-state index is 11.9. The minimum Gasteiger partial charge on any atom is -0.396 e. The molecule has 0 radical (unpaired) electrons. The van der Waals surface area contributed by atoms with Crippen molar-refractivity contribution in [2.45, 2.75) is 31.2 Å². The van der Waals surface area contributed by atoms with E-state index in [2.05, 4.69) is 0 Å². The second-order valence-corrected chi connectivity index (χ2v) is 4.60. The number of rotatable bonds is 2. The first-order valence-corrected chi connectivity index (χ1v) is 5.35. The van der Waals surface area contributed by atoms with Crippen LogP contribution in [-0.2, 0) is 4.79 Å². The molecule has 1 atom stereocenters. The molecule has 0 aromatic heterocycles. The van der Waals surface area contributed by atoms with Crippen molar-refractivity contribution in [2.24, 2.45) is 11.7 Å². The van der Waals surface area contributed by atoms with Gasteiger partial charge in [-0.3, -0.25) is 4.79 Å². The van der Waals surface area contributed by atoms with E-state index < -0.39 is 5.54 Å². The molecule has 1 aliphatic carbocycles. The zero-order valence-electron chi connectivity index (χ0n) is 8.41. The first kappa shape index (κ1) is 9.93. The highest BCUT2D eigenvalue weighted by Crippen LogP contribution is 2.35. The van der Waals surface area contributed by atoms with Crippen LogP contribution < -0.4 is 5.73 Å². The summed E-state index contributed by atoms with van der Waals surface area (Å²) in [6.07, 6.45) is 3.67. The molecule has 1 saturated heterocycles. The summed E-state index contributed by atoms with van der Waals surface area (Å²) < 4.78 is 0. The van der Waals surface area contributed by atoms with E-state index in [1.807, 2.05) is 4.90 Å². The van der Waals surface area contributed by atoms with E-state index in [0.717, 1.165) is 32.2 Å². The van der Waals surface area contributed by atoms with Crippen LogP contribution in [0.5, 0.6) is 0 Å². The Morgan fingerprint density at radius 1 is 1.57 bits per heavy atom. The largest absolute Gasteiger partial charge is 0.396 e. The van der Waals surface area contributed by atoms with Crippen LogP contribution in [-0.4, -0.2) is 41.1 Å². The maximum absolute atomic E-state index is 11.9. The van der Waals surface area contributed by atoms with Crippen LogP contribution in [0.3, 0.4) is 0 Å². The van der Waals surface area contributed by atoms with Crippen LogP contribution in [0.2, 0.25) is 0 Å². The third-order valence-electron chi connectivity index (χ3n) is 3.28. The average Bonchev–Trinajstić information content (AvgIpc) is 2.97. The summed E-state index contributed by atoms with van der Waals surface area (Å²) in [5.74, 6) is 0.353. The van der Waals surface area contributed by atoms with Gasteiger partial charge >= 0.3 is 0 Å². The Labute approximate surface area is 84.1 Å². The van der Waals surface area contributed by atoms with Gasteiger partial charge in [-0.15, -0.1) is 0 Å². The van der Waals surface area contributed by atoms with E-state index >= 15 is 0 Å². The van der Waals surface area contributed by atoms with Gasteiger partial charge in [0.1, 0.15) is 0 Å². The zero-order chi connectivity index (χ0) is 10.2. The summed E-state index contributed by atoms with van der Waals surface area (Å²) in [7, 11) is 0. The van der Waals surface area contributed by atoms with E-state index in [1.165, 1.54) is 0 Å². The highest BCUT2D eigenvalue weighted by atomic mass is 16.3. The first-order chi connectivity index (χ1) is 6.65. The zero-order valence-corrected chi connectivity index (χ0v) is 8.41. The van der Waals surface area contributed by atoms with Gasteiger partial charge in [-0.1, -0.05) is 0 Å². The predicted molar refractivity (Wildman–Crippen MR) is 52.5 cm³/mol. The summed E-state index contributed by atoms with van der Waals surface area (Å²) in [5, 5.41) is 9.04. The standard InChI is InChI=1S/C10H18N2O2/c11-10(3-4-10)9(14)12-5-1-2-8(6-12)7-13/h8,13H,1-7,11H2. The Balaban J connectivity index is 1.93. The Morgan fingerprint density at radius 2 is 2.29 bits per heavy atom. The molecule has 0 aromatic carbocycles. The summed E-state index contributed by atoms with van der Waals surface area (Å²) in [6, 6.07) is 0. The molecule has 0 bridgehead atoms. The van der Waals surface area contributed by atoms with E-state index in [-0.39, 0.29) is 18.4 Å². The van der Waals surface area contributed by atoms with Crippen molar-refractivity contribution in [3.63, 3.8) is 0 Å². The number of aliphatic hydroxyl groups is 1. The Morgan fingerprint density at radius 3 is 2.86 bits per heavy atom. The molecule has 1 unspecified atom stereocenters. The van der Waals surface area contributed by atoms with Gasteiger partial charge in [-0.2, -0.15) is 0 Å². The van der Waals surface area contributed by atoms with Crippen LogP contribution in [0.15, 0.2) is 0 Å². The summed E-state index contributed by atoms with van der Waals surface area (Å²) in [6.45, 7) is 1.68. The number of carbonyl (C=O) groups excluding carboxylic acids is 1. The molecule has 0 spiro atoms. The number of nitrogens with two attached hydrogens (primary N) is 1. The molecular weight excluding hydrogens is 180 g/mol. The van der Waals surface area contributed by atoms with Gasteiger partial charge in [0.2, 0.25) is 5.91 Å². The summed E-state index contributed by atoms with van der Waals surface area (Å²) in [4.78, 5) is 13.7. The van der Waals surface area contributed by atoms with Crippen LogP contribution in [0, 0.1) is 5.92 Å². The number of hydrogen-bond donors (Lipinski definition) is 2. The number of likely N-dealkylation sites (tertiary alicyclic amines) is 1. The third-order valence-corrected chi connectivity index (χ3v) is 3.28. The lowest BCUT2D eigenvalue weighted by atomic mass is 9.98. The number of aliphatic hydroxyl groups excluding tert-OH is 1. The predicted octanol–water partition coefficient (Wildman–Crippen LogP) is -0.291. The number of piperidine rings is 1. The number of carbonyl (C=O) groups is 1. The van der Waals surface area contributed by atoms with Crippen molar-refractivity contribution in [1.82, 2.24) is 4.90 Å². The second kappa shape index (κ2) is 3.51. The highest BCUT2D eigenvalue weighted by Gasteiger charge is 2.48. The fraction of sp³-hybridized carbons (Fsp3) is 0.900. The van der Waals surface area contributed by atoms with Crippen molar-refractivity contribution < 1.29 is 9.90 Å². The lowest BCUT2D eigenvalue weighted by molar-refractivity contribution is -0.135. The lowest BCUT2D eigenvalue weighted by Gasteiger charge is -2.33. The highest BCUT2D eigenvalue weighted by molar-refractivity contribution is 5.89. The normalized spacial score (nSPS) is 30.1. The average molecular weight is 198 g/mol. The van der Waals surface area contributed by atoms with E-state index in [1.54, 1.807) is 0 Å². The lowest BCUT2D eigenvalue weighted by Crippen LogP contribution is -2.49. The maximum Gasteiger partial charge on any atom is 0.242 e. The van der Waals surface area contributed by atoms with Crippen LogP contribution in [0.25, 0.3) is 0 Å². The van der Waals surface area contributed by atoms with Crippen molar-refractivity contribution in [3.05, 3.63) is 0 Å². The number of amides is 1. The Hall–Kier alpha value is -0.610. The van der Waals surface area contributed by atoms with Gasteiger partial charge in [0.05, 0.1) is 5.54 Å². The van der Waals surface area contributed by atoms with Crippen LogP contribution in [0.1, 0.15) is 25.7 Å². The number of nitrogens with zero attached hydrogens (tertiary/aromatic N) is 1. The van der Waals surface area contributed by atoms with Crippen molar-refractivity contribution in [1.29, 1.82) is 0 Å². The second-order valence-electron chi connectivity index (χ2n) is 4.60. The molecule has 2 aliphatic rings. The minimum atomic E-state index is -0.544. The van der Waals surface area contributed by atoms with Gasteiger partial charge in [-0.05, 0) is 31.6 Å². The van der Waals surface area contributed by atoms with E-state index in [9.17, 15) is 4.79 Å². The van der Waals surface area contributed by atoms with Gasteiger partial charge < -0.3 is 15.7 Å². The van der Waals surface area contributed by atoms with Gasteiger partial charge in [0.25, 0.3) is 0 Å². The van der Waals surface area contributed by atoms with Crippen LogP contribution >= 0.6 is 0 Å². The van der Waals surface area contributed by atoms with Crippen molar-refractivity contribution in [3.8, 4) is 0 Å². The summed E-state index contributed by atoms with van der Waals surface area (Å²) >= 11 is 0. The smallest absolute Gasteiger partial charge is 0.242 e. The monoisotopic (exact) mass is 198 g/mol. The Bertz CT molecular complexity index is 238. The fourth-order valence-electron chi connectivity index (χ4n) is 2.06.